The van der Waals surface area contributed by atoms with Crippen LogP contribution in [0, 0.1) is 0 Å². The van der Waals surface area contributed by atoms with Gasteiger partial charge in [0, 0.05) is 38.4 Å². The lowest BCUT2D eigenvalue weighted by Crippen LogP contribution is -2.22. The van der Waals surface area contributed by atoms with E-state index in [9.17, 15) is 0 Å². The molecule has 2 aromatic rings. The summed E-state index contributed by atoms with van der Waals surface area (Å²) < 4.78 is 0. The Bertz CT molecular complexity index is 536. The SMILES string of the molecule is CN(C)c1ccc(CN2CCCC2c2nccs2)cn1. The van der Waals surface area contributed by atoms with Crippen LogP contribution in [0.3, 0.4) is 0 Å². The van der Waals surface area contributed by atoms with Crippen molar-refractivity contribution in [3.63, 3.8) is 0 Å². The maximum Gasteiger partial charge on any atom is 0.127 e. The molecule has 0 aromatic carbocycles. The van der Waals surface area contributed by atoms with E-state index in [1.807, 2.05) is 31.4 Å². The number of likely N-dealkylation sites (tertiary alicyclic amines) is 1. The molecular formula is C15H20N4S. The molecule has 0 saturated carbocycles. The summed E-state index contributed by atoms with van der Waals surface area (Å²) >= 11 is 1.77. The van der Waals surface area contributed by atoms with Crippen molar-refractivity contribution < 1.29 is 0 Å². The third-order valence-electron chi connectivity index (χ3n) is 3.75. The molecule has 106 valence electrons. The predicted molar refractivity (Wildman–Crippen MR) is 83.1 cm³/mol. The van der Waals surface area contributed by atoms with Crippen LogP contribution < -0.4 is 4.90 Å². The lowest BCUT2D eigenvalue weighted by molar-refractivity contribution is 0.248. The molecule has 1 aliphatic heterocycles. The van der Waals surface area contributed by atoms with Gasteiger partial charge in [-0.15, -0.1) is 11.3 Å². The molecule has 1 aliphatic rings. The van der Waals surface area contributed by atoms with Gasteiger partial charge in [0.15, 0.2) is 0 Å². The molecule has 2 aromatic heterocycles. The molecule has 0 aliphatic carbocycles. The largest absolute Gasteiger partial charge is 0.363 e. The van der Waals surface area contributed by atoms with Crippen molar-refractivity contribution >= 4 is 17.2 Å². The van der Waals surface area contributed by atoms with Crippen molar-refractivity contribution in [3.05, 3.63) is 40.5 Å². The molecule has 1 fully saturated rings. The third kappa shape index (κ3) is 2.83. The van der Waals surface area contributed by atoms with E-state index < -0.39 is 0 Å². The molecule has 3 rings (SSSR count). The van der Waals surface area contributed by atoms with Crippen molar-refractivity contribution in [2.45, 2.75) is 25.4 Å². The van der Waals surface area contributed by atoms with Crippen molar-refractivity contribution in [2.24, 2.45) is 0 Å². The Morgan fingerprint density at radius 2 is 2.25 bits per heavy atom. The van der Waals surface area contributed by atoms with Crippen LogP contribution in [0.2, 0.25) is 0 Å². The first-order valence-electron chi connectivity index (χ1n) is 7.00. The molecule has 5 heteroatoms. The summed E-state index contributed by atoms with van der Waals surface area (Å²) in [5, 5.41) is 3.32. The summed E-state index contributed by atoms with van der Waals surface area (Å²) in [7, 11) is 4.03. The van der Waals surface area contributed by atoms with Gasteiger partial charge in [0.2, 0.25) is 0 Å². The molecule has 3 heterocycles. The minimum Gasteiger partial charge on any atom is -0.363 e. The molecule has 20 heavy (non-hydrogen) atoms. The van der Waals surface area contributed by atoms with Gasteiger partial charge in [-0.3, -0.25) is 4.90 Å². The summed E-state index contributed by atoms with van der Waals surface area (Å²) in [6.07, 6.45) is 6.38. The molecule has 0 N–H and O–H groups in total. The minimum absolute atomic E-state index is 0.489. The van der Waals surface area contributed by atoms with Crippen molar-refractivity contribution in [3.8, 4) is 0 Å². The quantitative estimate of drug-likeness (QED) is 0.866. The second kappa shape index (κ2) is 5.89. The number of pyridine rings is 1. The van der Waals surface area contributed by atoms with Gasteiger partial charge >= 0.3 is 0 Å². The van der Waals surface area contributed by atoms with Crippen LogP contribution in [0.4, 0.5) is 5.82 Å². The molecule has 1 unspecified atom stereocenters. The Labute approximate surface area is 124 Å². The fourth-order valence-corrected chi connectivity index (χ4v) is 3.51. The fraction of sp³-hybridized carbons (Fsp3) is 0.467. The van der Waals surface area contributed by atoms with Gasteiger partial charge in [-0.05, 0) is 31.0 Å². The van der Waals surface area contributed by atoms with Gasteiger partial charge < -0.3 is 4.90 Å². The number of anilines is 1. The average molecular weight is 288 g/mol. The molecule has 0 amide bonds. The highest BCUT2D eigenvalue weighted by molar-refractivity contribution is 7.09. The number of nitrogens with zero attached hydrogens (tertiary/aromatic N) is 4. The maximum atomic E-state index is 4.49. The van der Waals surface area contributed by atoms with E-state index in [1.165, 1.54) is 23.4 Å². The van der Waals surface area contributed by atoms with E-state index in [0.717, 1.165) is 18.9 Å². The van der Waals surface area contributed by atoms with E-state index >= 15 is 0 Å². The highest BCUT2D eigenvalue weighted by atomic mass is 32.1. The van der Waals surface area contributed by atoms with Crippen molar-refractivity contribution in [1.82, 2.24) is 14.9 Å². The Morgan fingerprint density at radius 3 is 2.90 bits per heavy atom. The van der Waals surface area contributed by atoms with E-state index in [2.05, 4.69) is 32.4 Å². The van der Waals surface area contributed by atoms with Crippen LogP contribution in [0.15, 0.2) is 29.9 Å². The van der Waals surface area contributed by atoms with Crippen LogP contribution in [0.5, 0.6) is 0 Å². The molecule has 1 saturated heterocycles. The second-order valence-corrected chi connectivity index (χ2v) is 6.34. The Morgan fingerprint density at radius 1 is 1.35 bits per heavy atom. The summed E-state index contributed by atoms with van der Waals surface area (Å²) in [5.74, 6) is 1.01. The van der Waals surface area contributed by atoms with E-state index in [0.29, 0.717) is 6.04 Å². The highest BCUT2D eigenvalue weighted by Crippen LogP contribution is 2.34. The van der Waals surface area contributed by atoms with E-state index in [1.54, 1.807) is 11.3 Å². The van der Waals surface area contributed by atoms with E-state index in [-0.39, 0.29) is 0 Å². The first-order valence-corrected chi connectivity index (χ1v) is 7.87. The van der Waals surface area contributed by atoms with Gasteiger partial charge in [-0.1, -0.05) is 6.07 Å². The molecule has 1 atom stereocenters. The van der Waals surface area contributed by atoms with Gasteiger partial charge in [-0.25, -0.2) is 9.97 Å². The maximum absolute atomic E-state index is 4.49. The average Bonchev–Trinajstić information content (AvgIpc) is 3.09. The lowest BCUT2D eigenvalue weighted by atomic mass is 10.2. The zero-order valence-electron chi connectivity index (χ0n) is 12.0. The summed E-state index contributed by atoms with van der Waals surface area (Å²) in [6.45, 7) is 2.12. The zero-order valence-corrected chi connectivity index (χ0v) is 12.8. The van der Waals surface area contributed by atoms with Crippen molar-refractivity contribution in [1.29, 1.82) is 0 Å². The number of aromatic nitrogens is 2. The van der Waals surface area contributed by atoms with E-state index in [4.69, 9.17) is 0 Å². The Hall–Kier alpha value is -1.46. The van der Waals surface area contributed by atoms with Crippen LogP contribution in [0.1, 0.15) is 29.5 Å². The number of thiazole rings is 1. The second-order valence-electron chi connectivity index (χ2n) is 5.42. The first kappa shape index (κ1) is 13.5. The molecular weight excluding hydrogens is 268 g/mol. The molecule has 0 bridgehead atoms. The summed E-state index contributed by atoms with van der Waals surface area (Å²) in [5.41, 5.74) is 1.28. The topological polar surface area (TPSA) is 32.3 Å². The van der Waals surface area contributed by atoms with Gasteiger partial charge in [-0.2, -0.15) is 0 Å². The summed E-state index contributed by atoms with van der Waals surface area (Å²) in [6, 6.07) is 4.76. The summed E-state index contributed by atoms with van der Waals surface area (Å²) in [4.78, 5) is 13.5. The first-order chi connectivity index (χ1) is 9.74. The zero-order chi connectivity index (χ0) is 13.9. The number of rotatable bonds is 4. The monoisotopic (exact) mass is 288 g/mol. The van der Waals surface area contributed by atoms with Crippen molar-refractivity contribution in [2.75, 3.05) is 25.5 Å². The van der Waals surface area contributed by atoms with Crippen LogP contribution in [-0.2, 0) is 6.54 Å². The van der Waals surface area contributed by atoms with Gasteiger partial charge in [0.25, 0.3) is 0 Å². The van der Waals surface area contributed by atoms with Crippen LogP contribution in [-0.4, -0.2) is 35.5 Å². The van der Waals surface area contributed by atoms with Gasteiger partial charge in [0.05, 0.1) is 6.04 Å². The van der Waals surface area contributed by atoms with Crippen LogP contribution in [0.25, 0.3) is 0 Å². The smallest absolute Gasteiger partial charge is 0.127 e. The Kier molecular flexibility index (Phi) is 3.98. The third-order valence-corrected chi connectivity index (χ3v) is 4.63. The standard InChI is InChI=1S/C15H20N4S/c1-18(2)14-6-5-12(10-17-14)11-19-8-3-4-13(19)15-16-7-9-20-15/h5-7,9-10,13H,3-4,8,11H2,1-2H3. The molecule has 0 radical (unpaired) electrons. The highest BCUT2D eigenvalue weighted by Gasteiger charge is 2.27. The minimum atomic E-state index is 0.489. The molecule has 4 nitrogen and oxygen atoms in total. The fourth-order valence-electron chi connectivity index (χ4n) is 2.70. The number of hydrogen-bond donors (Lipinski definition) is 0. The Balaban J connectivity index is 1.70. The van der Waals surface area contributed by atoms with Crippen LogP contribution >= 0.6 is 11.3 Å². The number of hydrogen-bond acceptors (Lipinski definition) is 5. The van der Waals surface area contributed by atoms with Gasteiger partial charge in [0.1, 0.15) is 10.8 Å². The lowest BCUT2D eigenvalue weighted by Gasteiger charge is -2.22. The normalized spacial score (nSPS) is 19.4. The predicted octanol–water partition coefficient (Wildman–Crippen LogP) is 2.94. The molecule has 0 spiro atoms.